The highest BCUT2D eigenvalue weighted by Gasteiger charge is 2.69. The topological polar surface area (TPSA) is 125 Å². The van der Waals surface area contributed by atoms with Crippen LogP contribution in [-0.4, -0.2) is 55.3 Å². The summed E-state index contributed by atoms with van der Waals surface area (Å²) in [5.41, 5.74) is 0.214. The third-order valence-corrected chi connectivity index (χ3v) is 9.99. The van der Waals surface area contributed by atoms with Crippen LogP contribution in [0.3, 0.4) is 0 Å². The molecule has 6 rings (SSSR count). The van der Waals surface area contributed by atoms with Crippen LogP contribution in [0.2, 0.25) is 0 Å². The number of fused-ring (bicyclic) bond motifs is 1. The number of ketones is 2. The summed E-state index contributed by atoms with van der Waals surface area (Å²) in [6.45, 7) is 4.50. The van der Waals surface area contributed by atoms with Crippen LogP contribution in [0.5, 0.6) is 0 Å². The molecule has 1 amide bonds. The highest BCUT2D eigenvalue weighted by atomic mass is 79.9. The number of carboxylic acids is 1. The van der Waals surface area contributed by atoms with Crippen molar-refractivity contribution in [1.82, 2.24) is 0 Å². The smallest absolute Gasteiger partial charge is 0.231 e. The highest BCUT2D eigenvalue weighted by Crippen LogP contribution is 2.54. The number of carbonyl (C=O) groups is 4. The summed E-state index contributed by atoms with van der Waals surface area (Å²) in [5.74, 6) is -7.36. The fourth-order valence-electron chi connectivity index (χ4n) is 6.08. The van der Waals surface area contributed by atoms with Crippen molar-refractivity contribution in [2.45, 2.75) is 18.6 Å². The zero-order chi connectivity index (χ0) is 29.8. The minimum atomic E-state index is -2.44. The van der Waals surface area contributed by atoms with Gasteiger partial charge in [-0.1, -0.05) is 23.8 Å². The number of carbonyl (C=O) groups excluding carboxylic acids is 4. The first-order valence-electron chi connectivity index (χ1n) is 13.4. The van der Waals surface area contributed by atoms with E-state index >= 15 is 0 Å². The van der Waals surface area contributed by atoms with Gasteiger partial charge in [-0.25, -0.2) is 0 Å². The Labute approximate surface area is 258 Å². The molecule has 9 nitrogen and oxygen atoms in total. The van der Waals surface area contributed by atoms with Crippen molar-refractivity contribution in [3.63, 3.8) is 0 Å². The van der Waals surface area contributed by atoms with E-state index in [0.717, 1.165) is 24.3 Å². The second kappa shape index (κ2) is 11.0. The predicted molar refractivity (Wildman–Crippen MR) is 158 cm³/mol. The minimum Gasteiger partial charge on any atom is -0.550 e. The first-order valence-corrected chi connectivity index (χ1v) is 15.0. The number of anilines is 2. The molecule has 11 heteroatoms. The number of benzene rings is 3. The molecular formula is C31H25Br2N2O7-. The summed E-state index contributed by atoms with van der Waals surface area (Å²) in [6, 6.07) is 16.9. The van der Waals surface area contributed by atoms with E-state index in [1.54, 1.807) is 43.3 Å². The molecule has 42 heavy (non-hydrogen) atoms. The van der Waals surface area contributed by atoms with Gasteiger partial charge in [-0.15, -0.1) is 0 Å². The van der Waals surface area contributed by atoms with Crippen molar-refractivity contribution < 1.29 is 33.8 Å². The molecule has 2 aliphatic heterocycles. The Morgan fingerprint density at radius 3 is 2.29 bits per heavy atom. The number of nitrogens with zero attached hydrogens (tertiary/aromatic N) is 1. The summed E-state index contributed by atoms with van der Waals surface area (Å²) >= 11 is 6.85. The molecule has 3 aromatic rings. The first-order chi connectivity index (χ1) is 20.1. The number of rotatable bonds is 5. The summed E-state index contributed by atoms with van der Waals surface area (Å²) in [6.07, 6.45) is -1.24. The van der Waals surface area contributed by atoms with Crippen LogP contribution >= 0.6 is 31.9 Å². The van der Waals surface area contributed by atoms with Gasteiger partial charge in [0.05, 0.1) is 31.2 Å². The Morgan fingerprint density at radius 2 is 1.62 bits per heavy atom. The molecular weight excluding hydrogens is 672 g/mol. The standard InChI is InChI=1S/C31H26Br2N2O7/c1-16-2-8-20-21(14-16)28(37)31(27(20)36)25(30(39)40)24(26(42-31)17-3-9-22(32)23(33)15-17)29(38)34-18-4-6-19(7-5-18)35-10-12-41-13-11-35/h2-9,14-15,24-26H,10-13H2,1H3,(H,34,38)(H,39,40)/p-1/t24-,25-,26-,31?/m0/s1. The quantitative estimate of drug-likeness (QED) is 0.399. The molecule has 1 N–H and O–H groups in total. The van der Waals surface area contributed by atoms with Crippen molar-refractivity contribution in [3.8, 4) is 0 Å². The Kier molecular flexibility index (Phi) is 7.55. The number of hydrogen-bond acceptors (Lipinski definition) is 8. The van der Waals surface area contributed by atoms with Gasteiger partial charge in [0.2, 0.25) is 23.1 Å². The van der Waals surface area contributed by atoms with Crippen LogP contribution in [0.1, 0.15) is 37.9 Å². The van der Waals surface area contributed by atoms with Gasteiger partial charge in [0.1, 0.15) is 0 Å². The molecule has 216 valence electrons. The number of halogens is 2. The zero-order valence-corrected chi connectivity index (χ0v) is 25.6. The van der Waals surface area contributed by atoms with Gasteiger partial charge in [0.15, 0.2) is 0 Å². The van der Waals surface area contributed by atoms with E-state index < -0.39 is 47.0 Å². The normalized spacial score (nSPS) is 25.1. The third kappa shape index (κ3) is 4.68. The van der Waals surface area contributed by atoms with Crippen LogP contribution < -0.4 is 15.3 Å². The molecule has 3 aliphatic rings. The van der Waals surface area contributed by atoms with Crippen LogP contribution in [0.4, 0.5) is 11.4 Å². The Hall–Kier alpha value is -3.38. The van der Waals surface area contributed by atoms with Crippen molar-refractivity contribution in [3.05, 3.63) is 91.9 Å². The molecule has 1 aliphatic carbocycles. The Bertz CT molecular complexity index is 1620. The molecule has 4 atom stereocenters. The lowest BCUT2D eigenvalue weighted by molar-refractivity contribution is -0.314. The minimum absolute atomic E-state index is 0.0624. The van der Waals surface area contributed by atoms with Gasteiger partial charge >= 0.3 is 0 Å². The van der Waals surface area contributed by atoms with Gasteiger partial charge in [-0.3, -0.25) is 14.4 Å². The average Bonchev–Trinajstić information content (AvgIpc) is 3.45. The molecule has 2 saturated heterocycles. The zero-order valence-electron chi connectivity index (χ0n) is 22.4. The first kappa shape index (κ1) is 28.7. The van der Waals surface area contributed by atoms with Crippen LogP contribution in [0.25, 0.3) is 0 Å². The van der Waals surface area contributed by atoms with Crippen molar-refractivity contribution in [2.75, 3.05) is 36.5 Å². The van der Waals surface area contributed by atoms with Gasteiger partial charge in [-0.05, 0) is 86.8 Å². The van der Waals surface area contributed by atoms with E-state index in [4.69, 9.17) is 9.47 Å². The Morgan fingerprint density at radius 1 is 0.929 bits per heavy atom. The SMILES string of the molecule is Cc1ccc2c(c1)C(=O)C1(O[C@@H](c3ccc(Br)c(Br)c3)[C@@H](C(=O)Nc3ccc(N4CCOCC4)cc3)[C@H]1C(=O)[O-])C2=O. The second-order valence-electron chi connectivity index (χ2n) is 10.6. The number of aryl methyl sites for hydroxylation is 1. The van der Waals surface area contributed by atoms with E-state index in [9.17, 15) is 24.3 Å². The lowest BCUT2D eigenvalue weighted by Crippen LogP contribution is -2.55. The molecule has 2 fully saturated rings. The monoisotopic (exact) mass is 695 g/mol. The summed E-state index contributed by atoms with van der Waals surface area (Å²) in [5, 5.41) is 15.6. The number of morpholine rings is 1. The molecule has 0 radical (unpaired) electrons. The number of carboxylic acid groups (broad SMARTS) is 1. The van der Waals surface area contributed by atoms with E-state index in [2.05, 4.69) is 42.1 Å². The van der Waals surface area contributed by atoms with Gasteiger partial charge in [0.25, 0.3) is 0 Å². The van der Waals surface area contributed by atoms with Gasteiger partial charge in [-0.2, -0.15) is 0 Å². The molecule has 0 saturated carbocycles. The number of amides is 1. The van der Waals surface area contributed by atoms with Crippen molar-refractivity contribution in [2.24, 2.45) is 11.8 Å². The number of nitrogens with one attached hydrogen (secondary N) is 1. The van der Waals surface area contributed by atoms with Crippen LogP contribution in [-0.2, 0) is 19.1 Å². The lowest BCUT2D eigenvalue weighted by Gasteiger charge is -2.29. The Balaban J connectivity index is 1.40. The molecule has 3 aromatic carbocycles. The largest absolute Gasteiger partial charge is 0.550 e. The number of ether oxygens (including phenoxy) is 2. The highest BCUT2D eigenvalue weighted by molar-refractivity contribution is 9.13. The maximum atomic E-state index is 14.0. The van der Waals surface area contributed by atoms with E-state index in [-0.39, 0.29) is 11.1 Å². The maximum absolute atomic E-state index is 14.0. The average molecular weight is 697 g/mol. The summed E-state index contributed by atoms with van der Waals surface area (Å²) in [4.78, 5) is 56.8. The summed E-state index contributed by atoms with van der Waals surface area (Å²) < 4.78 is 13.0. The summed E-state index contributed by atoms with van der Waals surface area (Å²) in [7, 11) is 0. The molecule has 2 heterocycles. The third-order valence-electron chi connectivity index (χ3n) is 8.12. The molecule has 1 spiro atoms. The van der Waals surface area contributed by atoms with Gasteiger partial charge in [0, 0.05) is 50.5 Å². The van der Waals surface area contributed by atoms with E-state index in [1.807, 2.05) is 12.1 Å². The van der Waals surface area contributed by atoms with Crippen LogP contribution in [0.15, 0.2) is 69.6 Å². The number of aliphatic carboxylic acids is 1. The molecule has 0 bridgehead atoms. The fourth-order valence-corrected chi connectivity index (χ4v) is 6.72. The van der Waals surface area contributed by atoms with E-state index in [1.165, 1.54) is 12.1 Å². The number of hydrogen-bond donors (Lipinski definition) is 1. The van der Waals surface area contributed by atoms with E-state index in [0.29, 0.717) is 33.4 Å². The van der Waals surface area contributed by atoms with Crippen molar-refractivity contribution >= 4 is 66.7 Å². The molecule has 0 aromatic heterocycles. The van der Waals surface area contributed by atoms with Crippen molar-refractivity contribution in [1.29, 1.82) is 0 Å². The molecule has 1 unspecified atom stereocenters. The predicted octanol–water partition coefficient (Wildman–Crippen LogP) is 3.87. The van der Waals surface area contributed by atoms with Crippen LogP contribution in [0, 0.1) is 18.8 Å². The lowest BCUT2D eigenvalue weighted by atomic mass is 9.75. The fraction of sp³-hybridized carbons (Fsp3) is 0.290. The number of Topliss-reactive ketones (excluding diaryl/α,β-unsaturated/α-hetero) is 2. The second-order valence-corrected chi connectivity index (χ2v) is 12.3. The van der Waals surface area contributed by atoms with Gasteiger partial charge < -0.3 is 29.6 Å². The maximum Gasteiger partial charge on any atom is 0.231 e.